The number of carbonyl (C=O) groups is 1. The maximum absolute atomic E-state index is 14.0. The van der Waals surface area contributed by atoms with Crippen molar-refractivity contribution >= 4 is 5.97 Å². The highest BCUT2D eigenvalue weighted by atomic mass is 16.8. The lowest BCUT2D eigenvalue weighted by atomic mass is 9.96. The van der Waals surface area contributed by atoms with Gasteiger partial charge >= 0.3 is 5.97 Å². The summed E-state index contributed by atoms with van der Waals surface area (Å²) in [5.41, 5.74) is 5.02. The summed E-state index contributed by atoms with van der Waals surface area (Å²) in [6.45, 7) is 2.69. The van der Waals surface area contributed by atoms with E-state index in [2.05, 4.69) is 19.1 Å². The number of rotatable bonds is 41. The first-order valence-electron chi connectivity index (χ1n) is 34.1. The van der Waals surface area contributed by atoms with Crippen LogP contribution in [0.3, 0.4) is 0 Å². The zero-order valence-electron chi connectivity index (χ0n) is 57.1. The topological polar surface area (TPSA) is 174 Å². The maximum atomic E-state index is 14.0. The number of methoxy groups -OCH3 is 6. The van der Waals surface area contributed by atoms with E-state index in [-0.39, 0.29) is 58.6 Å². The number of unbranched alkanes of at least 4 members (excludes halogenated alkanes) is 11. The van der Waals surface area contributed by atoms with Gasteiger partial charge in [0.2, 0.25) is 0 Å². The van der Waals surface area contributed by atoms with E-state index in [1.807, 2.05) is 146 Å². The summed E-state index contributed by atoms with van der Waals surface area (Å²) in [5.74, 6) is 3.81. The Labute approximate surface area is 567 Å². The van der Waals surface area contributed by atoms with Crippen molar-refractivity contribution in [1.29, 1.82) is 0 Å². The van der Waals surface area contributed by atoms with Crippen molar-refractivity contribution in [3.05, 3.63) is 191 Å². The second-order valence-corrected chi connectivity index (χ2v) is 24.4. The zero-order valence-corrected chi connectivity index (χ0v) is 57.1. The molecule has 3 aliphatic heterocycles. The van der Waals surface area contributed by atoms with Crippen LogP contribution in [0.1, 0.15) is 136 Å². The lowest BCUT2D eigenvalue weighted by Gasteiger charge is -2.51. The number of benzene rings is 6. The van der Waals surface area contributed by atoms with Gasteiger partial charge in [-0.05, 0) is 133 Å². The van der Waals surface area contributed by atoms with Crippen molar-refractivity contribution in [1.82, 2.24) is 0 Å². The largest absolute Gasteiger partial charge is 0.497 e. The first-order chi connectivity index (χ1) is 47.2. The second-order valence-electron chi connectivity index (χ2n) is 24.4. The monoisotopic (exact) mass is 1320 g/mol. The average molecular weight is 1330 g/mol. The third-order valence-electron chi connectivity index (χ3n) is 17.6. The molecule has 0 bridgehead atoms. The molecular formula is C78H100O18. The number of hydrogen-bond acceptors (Lipinski definition) is 18. The number of allylic oxidation sites excluding steroid dienone is 2. The molecule has 6 aromatic carbocycles. The SMILES string of the molecule is CCCCCCCC/C=C\CCCCCCCC(=O)OC[C@H]1O[C@H](O[C@H]2O[C@@H]3CO[C@@H](c4ccc(OC)cc4)O[C@H]3[C@H](OCc3ccc(OC)cc3)[C@H]2OCc2ccc(OC)cc2)[C@H](OCc2ccc(OC)cc2)[C@@H](OCc2ccc(OC)cc2)[C@@H]1OCc1ccc(OC)cc1. The summed E-state index contributed by atoms with van der Waals surface area (Å²) in [6.07, 6.45) is 9.11. The molecule has 3 heterocycles. The summed E-state index contributed by atoms with van der Waals surface area (Å²) >= 11 is 0. The smallest absolute Gasteiger partial charge is 0.305 e. The first kappa shape index (κ1) is 73.2. The van der Waals surface area contributed by atoms with Gasteiger partial charge in [-0.15, -0.1) is 0 Å². The minimum absolute atomic E-state index is 0.0801. The summed E-state index contributed by atoms with van der Waals surface area (Å²) < 4.78 is 110. The van der Waals surface area contributed by atoms with Crippen LogP contribution >= 0.6 is 0 Å². The Morgan fingerprint density at radius 3 is 1.21 bits per heavy atom. The molecule has 11 atom stereocenters. The summed E-state index contributed by atoms with van der Waals surface area (Å²) in [5, 5.41) is 0. The van der Waals surface area contributed by atoms with Crippen LogP contribution in [0, 0.1) is 0 Å². The fourth-order valence-corrected chi connectivity index (χ4v) is 11.9. The second kappa shape index (κ2) is 40.0. The molecule has 6 aromatic rings. The highest BCUT2D eigenvalue weighted by Crippen LogP contribution is 2.41. The van der Waals surface area contributed by atoms with Crippen LogP contribution in [-0.4, -0.2) is 123 Å². The molecule has 520 valence electrons. The van der Waals surface area contributed by atoms with Crippen LogP contribution in [0.25, 0.3) is 0 Å². The Morgan fingerprint density at radius 2 is 0.771 bits per heavy atom. The predicted octanol–water partition coefficient (Wildman–Crippen LogP) is 15.1. The van der Waals surface area contributed by atoms with Crippen LogP contribution < -0.4 is 28.4 Å². The molecule has 0 N–H and O–H groups in total. The Balaban J connectivity index is 1.04. The van der Waals surface area contributed by atoms with Gasteiger partial charge in [0.25, 0.3) is 0 Å². The number of fused-ring (bicyclic) bond motifs is 1. The summed E-state index contributed by atoms with van der Waals surface area (Å²) in [6, 6.07) is 45.8. The summed E-state index contributed by atoms with van der Waals surface area (Å²) in [7, 11) is 9.76. The molecule has 3 aliphatic rings. The highest BCUT2D eigenvalue weighted by Gasteiger charge is 2.56. The van der Waals surface area contributed by atoms with Crippen LogP contribution in [-0.2, 0) is 89.9 Å². The molecule has 3 saturated heterocycles. The molecule has 18 nitrogen and oxygen atoms in total. The van der Waals surface area contributed by atoms with E-state index >= 15 is 0 Å². The highest BCUT2D eigenvalue weighted by molar-refractivity contribution is 5.69. The standard InChI is InChI=1S/C78H100O18/c1-8-9-10-11-12-13-14-15-16-17-18-19-20-21-22-23-69(79)86-53-67-70(87-48-55-24-36-61(80-2)37-25-55)72(88-49-56-26-38-62(81-3)39-27-56)74(90-51-58-30-42-64(83-5)43-31-58)77(93-67)96-78-75(91-52-59-32-44-65(84-6)45-33-59)73(89-50-57-28-40-63(82-4)41-29-57)71-68(94-78)54-92-76(95-71)60-34-46-66(85-7)47-35-60/h15-16,24-47,67-68,70-78H,8-14,17-23,48-54H2,1-7H3/b16-15-/t67-,68-,70-,71-,72+,73+,74-,75-,76-,77-,78-/m1/s1. The normalized spacial score (nSPS) is 22.5. The van der Waals surface area contributed by atoms with Crippen LogP contribution in [0.15, 0.2) is 158 Å². The Morgan fingerprint density at radius 1 is 0.406 bits per heavy atom. The van der Waals surface area contributed by atoms with Crippen molar-refractivity contribution in [2.24, 2.45) is 0 Å². The third kappa shape index (κ3) is 22.5. The van der Waals surface area contributed by atoms with Crippen molar-refractivity contribution in [2.45, 2.75) is 198 Å². The molecule has 9 rings (SSSR count). The Kier molecular flexibility index (Phi) is 30.5. The van der Waals surface area contributed by atoms with Gasteiger partial charge in [0, 0.05) is 12.0 Å². The Bertz CT molecular complexity index is 3140. The van der Waals surface area contributed by atoms with E-state index in [1.54, 1.807) is 42.7 Å². The first-order valence-corrected chi connectivity index (χ1v) is 34.1. The van der Waals surface area contributed by atoms with Gasteiger partial charge in [0.1, 0.15) is 89.9 Å². The predicted molar refractivity (Wildman–Crippen MR) is 363 cm³/mol. The van der Waals surface area contributed by atoms with E-state index in [9.17, 15) is 4.79 Å². The minimum atomic E-state index is -1.31. The van der Waals surface area contributed by atoms with E-state index in [0.29, 0.717) is 40.9 Å². The average Bonchev–Trinajstić information content (AvgIpc) is 0.774. The molecule has 0 aromatic heterocycles. The van der Waals surface area contributed by atoms with Crippen molar-refractivity contribution < 1.29 is 85.3 Å². The van der Waals surface area contributed by atoms with Crippen LogP contribution in [0.4, 0.5) is 0 Å². The molecule has 0 unspecified atom stereocenters. The molecule has 0 radical (unpaired) electrons. The molecule has 0 amide bonds. The van der Waals surface area contributed by atoms with Crippen LogP contribution in [0.2, 0.25) is 0 Å². The van der Waals surface area contributed by atoms with Crippen LogP contribution in [0.5, 0.6) is 34.5 Å². The van der Waals surface area contributed by atoms with Gasteiger partial charge in [-0.2, -0.15) is 0 Å². The fourth-order valence-electron chi connectivity index (χ4n) is 11.9. The molecule has 18 heteroatoms. The maximum Gasteiger partial charge on any atom is 0.305 e. The van der Waals surface area contributed by atoms with Gasteiger partial charge in [-0.3, -0.25) is 4.79 Å². The number of ether oxygens (including phenoxy) is 17. The van der Waals surface area contributed by atoms with E-state index in [4.69, 9.17) is 80.5 Å². The van der Waals surface area contributed by atoms with Gasteiger partial charge in [0.05, 0.1) is 82.3 Å². The van der Waals surface area contributed by atoms with Gasteiger partial charge < -0.3 is 80.5 Å². The van der Waals surface area contributed by atoms with E-state index < -0.39 is 67.7 Å². The fraction of sp³-hybridized carbons (Fsp3) is 0.500. The lowest BCUT2D eigenvalue weighted by molar-refractivity contribution is -0.411. The van der Waals surface area contributed by atoms with Gasteiger partial charge in [-0.25, -0.2) is 0 Å². The lowest BCUT2D eigenvalue weighted by Crippen LogP contribution is -2.66. The van der Waals surface area contributed by atoms with E-state index in [0.717, 1.165) is 71.9 Å². The van der Waals surface area contributed by atoms with Gasteiger partial charge in [0.15, 0.2) is 18.9 Å². The van der Waals surface area contributed by atoms with E-state index in [1.165, 1.54) is 38.5 Å². The van der Waals surface area contributed by atoms with Crippen molar-refractivity contribution in [3.63, 3.8) is 0 Å². The quantitative estimate of drug-likeness (QED) is 0.0201. The number of hydrogen-bond donors (Lipinski definition) is 0. The molecular weight excluding hydrogens is 1220 g/mol. The molecule has 96 heavy (non-hydrogen) atoms. The number of carbonyl (C=O) groups excluding carboxylic acids is 1. The zero-order chi connectivity index (χ0) is 67.1. The van der Waals surface area contributed by atoms with Gasteiger partial charge in [-0.1, -0.05) is 143 Å². The Hall–Kier alpha value is -7.07. The third-order valence-corrected chi connectivity index (χ3v) is 17.6. The minimum Gasteiger partial charge on any atom is -0.497 e. The molecule has 0 spiro atoms. The number of esters is 1. The summed E-state index contributed by atoms with van der Waals surface area (Å²) in [4.78, 5) is 14.0. The van der Waals surface area contributed by atoms with Crippen molar-refractivity contribution in [2.75, 3.05) is 55.9 Å². The molecule has 0 saturated carbocycles. The molecule has 3 fully saturated rings. The van der Waals surface area contributed by atoms with Crippen molar-refractivity contribution in [3.8, 4) is 34.5 Å². The molecule has 0 aliphatic carbocycles.